The highest BCUT2D eigenvalue weighted by atomic mass is 16.5. The van der Waals surface area contributed by atoms with Crippen LogP contribution in [0.4, 0.5) is 0 Å². The molecule has 114 valence electrons. The maximum Gasteiger partial charge on any atom is 0.122 e. The molecule has 0 aliphatic heterocycles. The van der Waals surface area contributed by atoms with E-state index in [4.69, 9.17) is 4.74 Å². The minimum atomic E-state index is 0.547. The van der Waals surface area contributed by atoms with E-state index in [1.807, 2.05) is 0 Å². The van der Waals surface area contributed by atoms with Crippen molar-refractivity contribution < 1.29 is 4.74 Å². The van der Waals surface area contributed by atoms with Gasteiger partial charge in [0.05, 0.1) is 6.61 Å². The molecule has 0 bridgehead atoms. The number of hydrogen-bond donors (Lipinski definition) is 1. The van der Waals surface area contributed by atoms with E-state index >= 15 is 0 Å². The Kier molecular flexibility index (Phi) is 7.63. The molecular formula is C17H30N2O. The van der Waals surface area contributed by atoms with E-state index in [-0.39, 0.29) is 0 Å². The van der Waals surface area contributed by atoms with Crippen molar-refractivity contribution in [3.8, 4) is 5.75 Å². The van der Waals surface area contributed by atoms with Crippen LogP contribution in [0.3, 0.4) is 0 Å². The summed E-state index contributed by atoms with van der Waals surface area (Å²) in [6.07, 6.45) is 1.04. The second kappa shape index (κ2) is 8.98. The first-order chi connectivity index (χ1) is 9.50. The number of nitrogens with zero attached hydrogens (tertiary/aromatic N) is 1. The summed E-state index contributed by atoms with van der Waals surface area (Å²) in [5.41, 5.74) is 2.56. The van der Waals surface area contributed by atoms with Gasteiger partial charge in [-0.15, -0.1) is 0 Å². The lowest BCUT2D eigenvalue weighted by atomic mass is 10.0. The molecule has 20 heavy (non-hydrogen) atoms. The van der Waals surface area contributed by atoms with Gasteiger partial charge in [-0.2, -0.15) is 0 Å². The summed E-state index contributed by atoms with van der Waals surface area (Å²) in [5, 5.41) is 3.43. The number of nitrogens with one attached hydrogen (secondary N) is 1. The normalized spacial score (nSPS) is 11.3. The molecule has 0 fully saturated rings. The van der Waals surface area contributed by atoms with Gasteiger partial charge in [0.1, 0.15) is 5.75 Å². The molecule has 0 spiro atoms. The highest BCUT2D eigenvalue weighted by molar-refractivity contribution is 5.37. The van der Waals surface area contributed by atoms with Gasteiger partial charge in [-0.3, -0.25) is 0 Å². The molecule has 0 atom stereocenters. The Hall–Kier alpha value is -1.06. The SMILES string of the molecule is Cc1ccc(C(C)C)cc1OCCCNCCN(C)C. The van der Waals surface area contributed by atoms with Crippen LogP contribution >= 0.6 is 0 Å². The molecule has 0 aliphatic carbocycles. The highest BCUT2D eigenvalue weighted by Crippen LogP contribution is 2.24. The summed E-state index contributed by atoms with van der Waals surface area (Å²) in [6.45, 7) is 10.4. The van der Waals surface area contributed by atoms with Crippen molar-refractivity contribution in [2.75, 3.05) is 40.3 Å². The van der Waals surface area contributed by atoms with Crippen molar-refractivity contribution >= 4 is 0 Å². The number of benzene rings is 1. The smallest absolute Gasteiger partial charge is 0.122 e. The van der Waals surface area contributed by atoms with E-state index < -0.39 is 0 Å². The van der Waals surface area contributed by atoms with Crippen molar-refractivity contribution in [3.63, 3.8) is 0 Å². The predicted octanol–water partition coefficient (Wildman–Crippen LogP) is 3.04. The first-order valence-electron chi connectivity index (χ1n) is 7.59. The molecule has 0 heterocycles. The molecule has 3 heteroatoms. The molecule has 1 rings (SSSR count). The molecule has 3 nitrogen and oxygen atoms in total. The molecule has 0 saturated heterocycles. The van der Waals surface area contributed by atoms with Crippen LogP contribution in [0.25, 0.3) is 0 Å². The largest absolute Gasteiger partial charge is 0.493 e. The van der Waals surface area contributed by atoms with Gasteiger partial charge in [-0.25, -0.2) is 0 Å². The van der Waals surface area contributed by atoms with Crippen LogP contribution < -0.4 is 10.1 Å². The third-order valence-electron chi connectivity index (χ3n) is 3.37. The number of aryl methyl sites for hydroxylation is 1. The molecular weight excluding hydrogens is 248 g/mol. The minimum absolute atomic E-state index is 0.547. The quantitative estimate of drug-likeness (QED) is 0.703. The average molecular weight is 278 g/mol. The summed E-state index contributed by atoms with van der Waals surface area (Å²) >= 11 is 0. The topological polar surface area (TPSA) is 24.5 Å². The molecule has 0 saturated carbocycles. The van der Waals surface area contributed by atoms with Gasteiger partial charge >= 0.3 is 0 Å². The molecule has 1 aromatic carbocycles. The van der Waals surface area contributed by atoms with Crippen LogP contribution in [0.15, 0.2) is 18.2 Å². The molecule has 0 aromatic heterocycles. The van der Waals surface area contributed by atoms with Gasteiger partial charge in [-0.1, -0.05) is 26.0 Å². The maximum atomic E-state index is 5.90. The van der Waals surface area contributed by atoms with Gasteiger partial charge in [0.25, 0.3) is 0 Å². The number of likely N-dealkylation sites (N-methyl/N-ethyl adjacent to an activating group) is 1. The van der Waals surface area contributed by atoms with Crippen LogP contribution in [0, 0.1) is 6.92 Å². The van der Waals surface area contributed by atoms with Gasteiger partial charge in [-0.05, 0) is 57.1 Å². The Labute approximate surface area is 124 Å². The summed E-state index contributed by atoms with van der Waals surface area (Å²) in [7, 11) is 4.19. The Balaban J connectivity index is 2.26. The van der Waals surface area contributed by atoms with E-state index in [9.17, 15) is 0 Å². The fourth-order valence-electron chi connectivity index (χ4n) is 1.94. The number of hydrogen-bond acceptors (Lipinski definition) is 3. The van der Waals surface area contributed by atoms with Crippen LogP contribution in [-0.4, -0.2) is 45.2 Å². The zero-order valence-corrected chi connectivity index (χ0v) is 13.7. The van der Waals surface area contributed by atoms with Crippen LogP contribution in [0.1, 0.15) is 37.3 Å². The summed E-state index contributed by atoms with van der Waals surface area (Å²) in [4.78, 5) is 2.18. The zero-order valence-electron chi connectivity index (χ0n) is 13.7. The van der Waals surface area contributed by atoms with E-state index in [2.05, 4.69) is 63.3 Å². The Bertz CT molecular complexity index is 389. The van der Waals surface area contributed by atoms with E-state index in [0.29, 0.717) is 5.92 Å². The fraction of sp³-hybridized carbons (Fsp3) is 0.647. The summed E-state index contributed by atoms with van der Waals surface area (Å²) in [6, 6.07) is 6.52. The maximum absolute atomic E-state index is 5.90. The van der Waals surface area contributed by atoms with Crippen molar-refractivity contribution in [1.29, 1.82) is 0 Å². The average Bonchev–Trinajstić information content (AvgIpc) is 2.38. The van der Waals surface area contributed by atoms with Gasteiger partial charge in [0.15, 0.2) is 0 Å². The number of rotatable bonds is 9. The van der Waals surface area contributed by atoms with E-state index in [1.165, 1.54) is 11.1 Å². The van der Waals surface area contributed by atoms with Crippen molar-refractivity contribution in [2.45, 2.75) is 33.1 Å². The van der Waals surface area contributed by atoms with E-state index in [0.717, 1.165) is 38.4 Å². The standard InChI is InChI=1S/C17H30N2O/c1-14(2)16-8-7-15(3)17(13-16)20-12-6-9-18-10-11-19(4)5/h7-8,13-14,18H,6,9-12H2,1-5H3. The predicted molar refractivity (Wildman–Crippen MR) is 86.8 cm³/mol. The lowest BCUT2D eigenvalue weighted by Crippen LogP contribution is -2.27. The van der Waals surface area contributed by atoms with Crippen molar-refractivity contribution in [3.05, 3.63) is 29.3 Å². The van der Waals surface area contributed by atoms with Crippen LogP contribution in [0.5, 0.6) is 5.75 Å². The fourth-order valence-corrected chi connectivity index (χ4v) is 1.94. The third-order valence-corrected chi connectivity index (χ3v) is 3.37. The van der Waals surface area contributed by atoms with Gasteiger partial charge < -0.3 is 15.0 Å². The minimum Gasteiger partial charge on any atom is -0.493 e. The lowest BCUT2D eigenvalue weighted by molar-refractivity contribution is 0.304. The van der Waals surface area contributed by atoms with Crippen LogP contribution in [-0.2, 0) is 0 Å². The first-order valence-corrected chi connectivity index (χ1v) is 7.59. The van der Waals surface area contributed by atoms with Gasteiger partial charge in [0.2, 0.25) is 0 Å². The molecule has 0 aliphatic rings. The summed E-state index contributed by atoms with van der Waals surface area (Å²) < 4.78 is 5.90. The van der Waals surface area contributed by atoms with Gasteiger partial charge in [0, 0.05) is 13.1 Å². The van der Waals surface area contributed by atoms with Crippen LogP contribution in [0.2, 0.25) is 0 Å². The van der Waals surface area contributed by atoms with Crippen molar-refractivity contribution in [2.24, 2.45) is 0 Å². The second-order valence-corrected chi connectivity index (χ2v) is 5.93. The summed E-state index contributed by atoms with van der Waals surface area (Å²) in [5.74, 6) is 1.58. The Morgan fingerprint density at radius 3 is 2.60 bits per heavy atom. The van der Waals surface area contributed by atoms with Crippen molar-refractivity contribution in [1.82, 2.24) is 10.2 Å². The number of ether oxygens (including phenoxy) is 1. The van der Waals surface area contributed by atoms with E-state index in [1.54, 1.807) is 0 Å². The molecule has 1 aromatic rings. The Morgan fingerprint density at radius 2 is 1.95 bits per heavy atom. The zero-order chi connectivity index (χ0) is 15.0. The molecule has 0 radical (unpaired) electrons. The highest BCUT2D eigenvalue weighted by Gasteiger charge is 2.04. The lowest BCUT2D eigenvalue weighted by Gasteiger charge is -2.13. The molecule has 0 unspecified atom stereocenters. The monoisotopic (exact) mass is 278 g/mol. The first kappa shape index (κ1) is 17.0. The Morgan fingerprint density at radius 1 is 1.20 bits per heavy atom. The third kappa shape index (κ3) is 6.40. The molecule has 0 amide bonds. The second-order valence-electron chi connectivity index (χ2n) is 5.93. The molecule has 1 N–H and O–H groups in total.